The zero-order valence-electron chi connectivity index (χ0n) is 10.2. The second kappa shape index (κ2) is 5.84. The van der Waals surface area contributed by atoms with Gasteiger partial charge in [-0.3, -0.25) is 9.78 Å². The highest BCUT2D eigenvalue weighted by Gasteiger charge is 2.23. The molecule has 0 saturated heterocycles. The van der Waals surface area contributed by atoms with E-state index in [9.17, 15) is 9.90 Å². The van der Waals surface area contributed by atoms with Crippen molar-refractivity contribution in [2.24, 2.45) is 0 Å². The first-order chi connectivity index (χ1) is 9.13. The van der Waals surface area contributed by atoms with Gasteiger partial charge in [0.2, 0.25) is 0 Å². The van der Waals surface area contributed by atoms with Crippen LogP contribution in [0.25, 0.3) is 0 Å². The minimum atomic E-state index is -0.934. The Labute approximate surface area is 119 Å². The minimum absolute atomic E-state index is 0.507. The van der Waals surface area contributed by atoms with E-state index in [0.29, 0.717) is 17.0 Å². The van der Waals surface area contributed by atoms with Gasteiger partial charge in [-0.05, 0) is 45.8 Å². The fourth-order valence-corrected chi connectivity index (χ4v) is 2.41. The van der Waals surface area contributed by atoms with Gasteiger partial charge in [0, 0.05) is 6.20 Å². The van der Waals surface area contributed by atoms with Crippen LogP contribution in [-0.4, -0.2) is 23.2 Å². The normalized spacial score (nSPS) is 11.9. The molecule has 0 spiro atoms. The number of ether oxygens (including phenoxy) is 1. The lowest BCUT2D eigenvalue weighted by Gasteiger charge is -2.13. The van der Waals surface area contributed by atoms with E-state index in [1.807, 2.05) is 0 Å². The van der Waals surface area contributed by atoms with Gasteiger partial charge in [-0.25, -0.2) is 0 Å². The molecule has 1 aromatic heterocycles. The SMILES string of the molecule is COc1ccc(C(C(=O)O)c2ccccn2)cc1Br. The summed E-state index contributed by atoms with van der Waals surface area (Å²) < 4.78 is 5.85. The lowest BCUT2D eigenvalue weighted by atomic mass is 9.95. The Morgan fingerprint density at radius 1 is 1.37 bits per heavy atom. The number of carbonyl (C=O) groups is 1. The number of halogens is 1. The predicted octanol–water partition coefficient (Wildman–Crippen LogP) is 3.07. The molecule has 1 unspecified atom stereocenters. The minimum Gasteiger partial charge on any atom is -0.496 e. The summed E-state index contributed by atoms with van der Waals surface area (Å²) in [7, 11) is 1.56. The van der Waals surface area contributed by atoms with Crippen LogP contribution in [-0.2, 0) is 4.79 Å². The van der Waals surface area contributed by atoms with E-state index in [2.05, 4.69) is 20.9 Å². The lowest BCUT2D eigenvalue weighted by Crippen LogP contribution is -2.14. The van der Waals surface area contributed by atoms with E-state index >= 15 is 0 Å². The maximum Gasteiger partial charge on any atom is 0.317 e. The molecule has 0 fully saturated rings. The van der Waals surface area contributed by atoms with Crippen molar-refractivity contribution in [3.8, 4) is 5.75 Å². The first-order valence-corrected chi connectivity index (χ1v) is 6.40. The van der Waals surface area contributed by atoms with Crippen molar-refractivity contribution in [1.29, 1.82) is 0 Å². The first kappa shape index (κ1) is 13.5. The second-order valence-corrected chi connectivity index (χ2v) is 4.77. The molecule has 0 aliphatic carbocycles. The Morgan fingerprint density at radius 2 is 2.16 bits per heavy atom. The van der Waals surface area contributed by atoms with Crippen LogP contribution in [0.2, 0.25) is 0 Å². The van der Waals surface area contributed by atoms with E-state index in [1.165, 1.54) is 0 Å². The predicted molar refractivity (Wildman–Crippen MR) is 74.4 cm³/mol. The average Bonchev–Trinajstić information content (AvgIpc) is 2.40. The topological polar surface area (TPSA) is 59.4 Å². The molecule has 0 radical (unpaired) electrons. The zero-order valence-corrected chi connectivity index (χ0v) is 11.8. The second-order valence-electron chi connectivity index (χ2n) is 3.92. The van der Waals surface area contributed by atoms with E-state index in [4.69, 9.17) is 4.74 Å². The van der Waals surface area contributed by atoms with Crippen LogP contribution in [0.4, 0.5) is 0 Å². The van der Waals surface area contributed by atoms with Crippen molar-refractivity contribution in [1.82, 2.24) is 4.98 Å². The van der Waals surface area contributed by atoms with E-state index in [1.54, 1.807) is 49.7 Å². The van der Waals surface area contributed by atoms with Gasteiger partial charge in [0.25, 0.3) is 0 Å². The van der Waals surface area contributed by atoms with Crippen LogP contribution >= 0.6 is 15.9 Å². The number of aliphatic carboxylic acids is 1. The Bertz CT molecular complexity index is 586. The molecule has 0 amide bonds. The highest BCUT2D eigenvalue weighted by atomic mass is 79.9. The highest BCUT2D eigenvalue weighted by molar-refractivity contribution is 9.10. The van der Waals surface area contributed by atoms with Gasteiger partial charge in [-0.15, -0.1) is 0 Å². The molecule has 98 valence electrons. The molecular weight excluding hydrogens is 310 g/mol. The highest BCUT2D eigenvalue weighted by Crippen LogP contribution is 2.31. The fourth-order valence-electron chi connectivity index (χ4n) is 1.85. The largest absolute Gasteiger partial charge is 0.496 e. The zero-order chi connectivity index (χ0) is 13.8. The van der Waals surface area contributed by atoms with Crippen LogP contribution in [0.15, 0.2) is 47.1 Å². The van der Waals surface area contributed by atoms with Gasteiger partial charge >= 0.3 is 5.97 Å². The Hall–Kier alpha value is -1.88. The summed E-state index contributed by atoms with van der Waals surface area (Å²) in [6.07, 6.45) is 1.59. The molecule has 0 bridgehead atoms. The van der Waals surface area contributed by atoms with Crippen molar-refractivity contribution in [2.75, 3.05) is 7.11 Å². The summed E-state index contributed by atoms with van der Waals surface area (Å²) in [5, 5.41) is 9.41. The van der Waals surface area contributed by atoms with E-state index < -0.39 is 11.9 Å². The smallest absolute Gasteiger partial charge is 0.317 e. The third-order valence-corrected chi connectivity index (χ3v) is 3.36. The molecule has 4 nitrogen and oxygen atoms in total. The van der Waals surface area contributed by atoms with E-state index in [0.717, 1.165) is 4.47 Å². The molecule has 1 heterocycles. The molecule has 1 atom stereocenters. The quantitative estimate of drug-likeness (QED) is 0.940. The van der Waals surface area contributed by atoms with Gasteiger partial charge in [0.15, 0.2) is 0 Å². The van der Waals surface area contributed by atoms with Crippen LogP contribution in [0, 0.1) is 0 Å². The first-order valence-electron chi connectivity index (χ1n) is 5.60. The fraction of sp³-hybridized carbons (Fsp3) is 0.143. The summed E-state index contributed by atoms with van der Waals surface area (Å²) in [6, 6.07) is 10.4. The van der Waals surface area contributed by atoms with Gasteiger partial charge in [-0.2, -0.15) is 0 Å². The van der Waals surface area contributed by atoms with Gasteiger partial charge < -0.3 is 9.84 Å². The molecule has 19 heavy (non-hydrogen) atoms. The molecule has 1 aromatic carbocycles. The molecule has 1 N–H and O–H groups in total. The molecule has 0 aliphatic heterocycles. The summed E-state index contributed by atoms with van der Waals surface area (Å²) in [5.41, 5.74) is 1.16. The Balaban J connectivity index is 2.46. The van der Waals surface area contributed by atoms with Crippen LogP contribution < -0.4 is 4.74 Å². The van der Waals surface area contributed by atoms with Crippen molar-refractivity contribution in [3.63, 3.8) is 0 Å². The van der Waals surface area contributed by atoms with Crippen molar-refractivity contribution >= 4 is 21.9 Å². The van der Waals surface area contributed by atoms with Gasteiger partial charge in [0.1, 0.15) is 11.7 Å². The third kappa shape index (κ3) is 2.93. The maximum absolute atomic E-state index is 11.5. The molecule has 0 aliphatic rings. The van der Waals surface area contributed by atoms with E-state index in [-0.39, 0.29) is 0 Å². The molecular formula is C14H12BrNO3. The summed E-state index contributed by atoms with van der Waals surface area (Å²) in [5.74, 6) is -1.06. The third-order valence-electron chi connectivity index (χ3n) is 2.74. The standard InChI is InChI=1S/C14H12BrNO3/c1-19-12-6-5-9(8-10(12)15)13(14(17)18)11-4-2-3-7-16-11/h2-8,13H,1H3,(H,17,18). The number of pyridine rings is 1. The van der Waals surface area contributed by atoms with Crippen molar-refractivity contribution in [2.45, 2.75) is 5.92 Å². The lowest BCUT2D eigenvalue weighted by molar-refractivity contribution is -0.137. The number of hydrogen-bond acceptors (Lipinski definition) is 3. The Kier molecular flexibility index (Phi) is 4.16. The van der Waals surface area contributed by atoms with Crippen LogP contribution in [0.5, 0.6) is 5.75 Å². The molecule has 5 heteroatoms. The molecule has 2 rings (SSSR count). The number of aromatic nitrogens is 1. The summed E-state index contributed by atoms with van der Waals surface area (Å²) in [6.45, 7) is 0. The number of hydrogen-bond donors (Lipinski definition) is 1. The molecule has 2 aromatic rings. The number of rotatable bonds is 4. The van der Waals surface area contributed by atoms with Gasteiger partial charge in [0.05, 0.1) is 17.3 Å². The van der Waals surface area contributed by atoms with Gasteiger partial charge in [-0.1, -0.05) is 12.1 Å². The number of benzene rings is 1. The van der Waals surface area contributed by atoms with Crippen molar-refractivity contribution < 1.29 is 14.6 Å². The van der Waals surface area contributed by atoms with Crippen molar-refractivity contribution in [3.05, 3.63) is 58.3 Å². The average molecular weight is 322 g/mol. The van der Waals surface area contributed by atoms with Crippen LogP contribution in [0.1, 0.15) is 17.2 Å². The molecule has 0 saturated carbocycles. The maximum atomic E-state index is 11.5. The number of methoxy groups -OCH3 is 1. The number of carboxylic acids is 1. The summed E-state index contributed by atoms with van der Waals surface area (Å²) in [4.78, 5) is 15.6. The number of nitrogens with zero attached hydrogens (tertiary/aromatic N) is 1. The van der Waals surface area contributed by atoms with Crippen LogP contribution in [0.3, 0.4) is 0 Å². The Morgan fingerprint density at radius 3 is 2.68 bits per heavy atom. The monoisotopic (exact) mass is 321 g/mol. The summed E-state index contributed by atoms with van der Waals surface area (Å²) >= 11 is 3.36. The number of carboxylic acid groups (broad SMARTS) is 1.